The van der Waals surface area contributed by atoms with Crippen LogP contribution in [0, 0.1) is 0 Å². The second-order valence-corrected chi connectivity index (χ2v) is 5.53. The number of nitrogens with zero attached hydrogens (tertiary/aromatic N) is 3. The molecule has 8 heteroatoms. The molecular weight excluding hydrogens is 310 g/mol. The quantitative estimate of drug-likeness (QED) is 0.725. The summed E-state index contributed by atoms with van der Waals surface area (Å²) >= 11 is 7.53. The van der Waals surface area contributed by atoms with Gasteiger partial charge in [-0.25, -0.2) is 4.98 Å². The monoisotopic (exact) mass is 321 g/mol. The van der Waals surface area contributed by atoms with Crippen LogP contribution in [0.1, 0.15) is 18.3 Å². The molecule has 0 unspecified atom stereocenters. The number of imidazole rings is 1. The van der Waals surface area contributed by atoms with Crippen LogP contribution < -0.4 is 5.32 Å². The lowest BCUT2D eigenvalue weighted by molar-refractivity contribution is -0.111. The number of H-pyrrole nitrogens is 1. The Morgan fingerprint density at radius 1 is 1.62 bits per heavy atom. The van der Waals surface area contributed by atoms with Crippen LogP contribution in [-0.4, -0.2) is 25.5 Å². The Hall–Kier alpha value is -2.12. The predicted octanol–water partition coefficient (Wildman–Crippen LogP) is 2.99. The van der Waals surface area contributed by atoms with Crippen molar-refractivity contribution in [1.82, 2.24) is 19.6 Å². The van der Waals surface area contributed by atoms with Crippen molar-refractivity contribution in [3.8, 4) is 0 Å². The number of amides is 1. The Kier molecular flexibility index (Phi) is 3.76. The van der Waals surface area contributed by atoms with E-state index in [1.54, 1.807) is 12.1 Å². The Bertz CT molecular complexity index is 816. The molecule has 0 saturated heterocycles. The molecule has 3 heterocycles. The summed E-state index contributed by atoms with van der Waals surface area (Å²) in [6, 6.07) is 1.80. The van der Waals surface area contributed by atoms with E-state index in [4.69, 9.17) is 11.6 Å². The molecule has 108 valence electrons. The zero-order valence-corrected chi connectivity index (χ0v) is 12.7. The minimum absolute atomic E-state index is 0.273. The topological polar surface area (TPSA) is 75.1 Å². The maximum Gasteiger partial charge on any atom is 0.249 e. The molecule has 6 nitrogen and oxygen atoms in total. The number of thiazole rings is 1. The average Bonchev–Trinajstić information content (AvgIpc) is 3.13. The molecule has 0 bridgehead atoms. The molecule has 0 aliphatic carbocycles. The molecule has 1 amide bonds. The van der Waals surface area contributed by atoms with Gasteiger partial charge in [-0.15, -0.1) is 11.3 Å². The van der Waals surface area contributed by atoms with Crippen molar-refractivity contribution in [3.05, 3.63) is 40.3 Å². The highest BCUT2D eigenvalue weighted by Gasteiger charge is 2.09. The zero-order valence-electron chi connectivity index (χ0n) is 11.1. The van der Waals surface area contributed by atoms with Crippen molar-refractivity contribution in [3.63, 3.8) is 0 Å². The highest BCUT2D eigenvalue weighted by atomic mass is 35.5. The number of hydrogen-bond donors (Lipinski definition) is 2. The van der Waals surface area contributed by atoms with Gasteiger partial charge >= 0.3 is 0 Å². The number of fused-ring (bicyclic) bond motifs is 1. The normalized spacial score (nSPS) is 11.5. The van der Waals surface area contributed by atoms with E-state index in [-0.39, 0.29) is 5.91 Å². The van der Waals surface area contributed by atoms with Crippen LogP contribution in [0.15, 0.2) is 23.7 Å². The van der Waals surface area contributed by atoms with Gasteiger partial charge < -0.3 is 5.32 Å². The first-order chi connectivity index (χ1) is 10.2. The molecule has 0 saturated carbocycles. The summed E-state index contributed by atoms with van der Waals surface area (Å²) in [4.78, 5) is 16.9. The maximum atomic E-state index is 11.9. The zero-order chi connectivity index (χ0) is 14.8. The third kappa shape index (κ3) is 2.84. The van der Waals surface area contributed by atoms with E-state index in [2.05, 4.69) is 20.5 Å². The summed E-state index contributed by atoms with van der Waals surface area (Å²) in [6.07, 6.45) is 5.74. The van der Waals surface area contributed by atoms with Gasteiger partial charge in [-0.1, -0.05) is 18.5 Å². The number of carbonyl (C=O) groups is 1. The smallest absolute Gasteiger partial charge is 0.249 e. The highest BCUT2D eigenvalue weighted by molar-refractivity contribution is 7.15. The number of hydrogen-bond acceptors (Lipinski definition) is 4. The molecule has 3 aromatic rings. The lowest BCUT2D eigenvalue weighted by Crippen LogP contribution is -2.08. The van der Waals surface area contributed by atoms with Crippen LogP contribution in [0.3, 0.4) is 0 Å². The fourth-order valence-electron chi connectivity index (χ4n) is 1.86. The molecule has 0 aromatic carbocycles. The third-order valence-electron chi connectivity index (χ3n) is 2.91. The fraction of sp³-hybridized carbons (Fsp3) is 0.154. The molecular formula is C13H12ClN5OS. The highest BCUT2D eigenvalue weighted by Crippen LogP contribution is 2.22. The molecule has 3 aromatic heterocycles. The number of aromatic nitrogens is 4. The SMILES string of the molecule is CCc1cc(NC(=O)/C=C/c2c(Cl)nc3sccn23)n[nH]1. The van der Waals surface area contributed by atoms with Crippen LogP contribution in [0.25, 0.3) is 11.0 Å². The summed E-state index contributed by atoms with van der Waals surface area (Å²) in [5.74, 6) is 0.229. The molecule has 0 aliphatic heterocycles. The summed E-state index contributed by atoms with van der Waals surface area (Å²) in [6.45, 7) is 2.01. The van der Waals surface area contributed by atoms with Crippen molar-refractivity contribution >= 4 is 45.7 Å². The fourth-order valence-corrected chi connectivity index (χ4v) is 2.86. The molecule has 2 N–H and O–H groups in total. The van der Waals surface area contributed by atoms with E-state index < -0.39 is 0 Å². The Labute approximate surface area is 129 Å². The molecule has 21 heavy (non-hydrogen) atoms. The first-order valence-electron chi connectivity index (χ1n) is 6.31. The van der Waals surface area contributed by atoms with Crippen molar-refractivity contribution in [2.45, 2.75) is 13.3 Å². The Morgan fingerprint density at radius 2 is 2.48 bits per heavy atom. The standard InChI is InChI=1S/C13H12ClN5OS/c1-2-8-7-10(18-17-8)15-11(20)4-3-9-12(14)16-13-19(9)5-6-21-13/h3-7H,2H2,1H3,(H2,15,17,18,20)/b4-3+. The molecule has 0 atom stereocenters. The van der Waals surface area contributed by atoms with E-state index in [1.165, 1.54) is 17.4 Å². The first-order valence-corrected chi connectivity index (χ1v) is 7.57. The number of aryl methyl sites for hydroxylation is 1. The lowest BCUT2D eigenvalue weighted by Gasteiger charge is -1.95. The Morgan fingerprint density at radius 3 is 3.24 bits per heavy atom. The summed E-state index contributed by atoms with van der Waals surface area (Å²) in [5, 5.41) is 11.8. The van der Waals surface area contributed by atoms with Crippen LogP contribution >= 0.6 is 22.9 Å². The van der Waals surface area contributed by atoms with Crippen molar-refractivity contribution in [1.29, 1.82) is 0 Å². The minimum atomic E-state index is -0.273. The van der Waals surface area contributed by atoms with E-state index in [0.717, 1.165) is 17.1 Å². The third-order valence-corrected chi connectivity index (χ3v) is 3.94. The van der Waals surface area contributed by atoms with Gasteiger partial charge in [0.1, 0.15) is 0 Å². The second-order valence-electron chi connectivity index (χ2n) is 4.30. The molecule has 0 radical (unpaired) electrons. The van der Waals surface area contributed by atoms with Gasteiger partial charge in [0.05, 0.1) is 5.69 Å². The molecule has 3 rings (SSSR count). The van der Waals surface area contributed by atoms with Gasteiger partial charge in [-0.05, 0) is 12.5 Å². The van der Waals surface area contributed by atoms with Crippen LogP contribution in [-0.2, 0) is 11.2 Å². The van der Waals surface area contributed by atoms with Crippen LogP contribution in [0.4, 0.5) is 5.82 Å². The van der Waals surface area contributed by atoms with Crippen LogP contribution in [0.2, 0.25) is 5.15 Å². The van der Waals surface area contributed by atoms with Gasteiger partial charge in [0.25, 0.3) is 0 Å². The first kappa shape index (κ1) is 13.8. The number of anilines is 1. The lowest BCUT2D eigenvalue weighted by atomic mass is 10.3. The van der Waals surface area contributed by atoms with E-state index in [9.17, 15) is 4.79 Å². The molecule has 0 aliphatic rings. The van der Waals surface area contributed by atoms with Crippen molar-refractivity contribution in [2.75, 3.05) is 5.32 Å². The van der Waals surface area contributed by atoms with Gasteiger partial charge in [0.15, 0.2) is 15.9 Å². The van der Waals surface area contributed by atoms with E-state index in [0.29, 0.717) is 16.7 Å². The number of halogens is 1. The minimum Gasteiger partial charge on any atom is -0.306 e. The average molecular weight is 322 g/mol. The van der Waals surface area contributed by atoms with Crippen molar-refractivity contribution in [2.24, 2.45) is 0 Å². The summed E-state index contributed by atoms with van der Waals surface area (Å²) in [5.41, 5.74) is 1.65. The molecule has 0 spiro atoms. The van der Waals surface area contributed by atoms with Gasteiger partial charge in [-0.2, -0.15) is 5.10 Å². The summed E-state index contributed by atoms with van der Waals surface area (Å²) in [7, 11) is 0. The number of aromatic amines is 1. The Balaban J connectivity index is 1.74. The number of rotatable bonds is 4. The van der Waals surface area contributed by atoms with E-state index in [1.807, 2.05) is 22.9 Å². The van der Waals surface area contributed by atoms with Crippen molar-refractivity contribution < 1.29 is 4.79 Å². The largest absolute Gasteiger partial charge is 0.306 e. The predicted molar refractivity (Wildman–Crippen MR) is 83.7 cm³/mol. The number of carbonyl (C=O) groups excluding carboxylic acids is 1. The summed E-state index contributed by atoms with van der Waals surface area (Å²) < 4.78 is 1.83. The van der Waals surface area contributed by atoms with Crippen LogP contribution in [0.5, 0.6) is 0 Å². The van der Waals surface area contributed by atoms with Gasteiger partial charge in [0, 0.05) is 29.4 Å². The number of nitrogens with one attached hydrogen (secondary N) is 2. The van der Waals surface area contributed by atoms with Gasteiger partial charge in [0.2, 0.25) is 5.91 Å². The molecule has 0 fully saturated rings. The second kappa shape index (κ2) is 5.71. The maximum absolute atomic E-state index is 11.9. The van der Waals surface area contributed by atoms with E-state index >= 15 is 0 Å². The van der Waals surface area contributed by atoms with Gasteiger partial charge in [-0.3, -0.25) is 14.3 Å².